The number of carbonyl (C=O) groups excluding carboxylic acids is 1. The zero-order chi connectivity index (χ0) is 11.8. The number of piperidine rings is 1. The molecule has 0 saturated carbocycles. The molecule has 0 radical (unpaired) electrons. The molecule has 1 saturated heterocycles. The van der Waals surface area contributed by atoms with Crippen molar-refractivity contribution in [2.24, 2.45) is 0 Å². The zero-order valence-corrected chi connectivity index (χ0v) is 9.95. The quantitative estimate of drug-likeness (QED) is 0.609. The first kappa shape index (κ1) is 13.4. The number of aliphatic hydroxyl groups excluding tert-OH is 1. The molecule has 94 valence electrons. The number of nitrogens with zero attached hydrogens (tertiary/aromatic N) is 1. The summed E-state index contributed by atoms with van der Waals surface area (Å²) in [6.07, 6.45) is 2.03. The number of hydrogen-bond donors (Lipinski definition) is 2. The van der Waals surface area contributed by atoms with E-state index >= 15 is 0 Å². The molecular formula is C11H22N2O3. The molecule has 1 amide bonds. The summed E-state index contributed by atoms with van der Waals surface area (Å²) in [7, 11) is 0. The fraction of sp³-hybridized carbons (Fsp3) is 0.909. The Morgan fingerprint density at radius 1 is 1.44 bits per heavy atom. The van der Waals surface area contributed by atoms with E-state index in [0.29, 0.717) is 19.3 Å². The SMILES string of the molecule is CC(=O)N1CCC(NCCOCCO)CC1. The summed E-state index contributed by atoms with van der Waals surface area (Å²) in [5.41, 5.74) is 0. The van der Waals surface area contributed by atoms with Gasteiger partial charge in [0.2, 0.25) is 5.91 Å². The van der Waals surface area contributed by atoms with E-state index < -0.39 is 0 Å². The van der Waals surface area contributed by atoms with Gasteiger partial charge in [-0.3, -0.25) is 4.79 Å². The molecule has 0 aromatic heterocycles. The Labute approximate surface area is 96.8 Å². The lowest BCUT2D eigenvalue weighted by Crippen LogP contribution is -2.44. The van der Waals surface area contributed by atoms with Gasteiger partial charge in [0.15, 0.2) is 0 Å². The Balaban J connectivity index is 2.02. The van der Waals surface area contributed by atoms with Gasteiger partial charge in [0.25, 0.3) is 0 Å². The first-order chi connectivity index (χ1) is 7.74. The lowest BCUT2D eigenvalue weighted by atomic mass is 10.1. The van der Waals surface area contributed by atoms with E-state index in [9.17, 15) is 4.79 Å². The lowest BCUT2D eigenvalue weighted by molar-refractivity contribution is -0.129. The summed E-state index contributed by atoms with van der Waals surface area (Å²) in [5, 5.41) is 11.9. The average molecular weight is 230 g/mol. The van der Waals surface area contributed by atoms with Crippen LogP contribution in [-0.4, -0.2) is 61.4 Å². The molecule has 1 fully saturated rings. The summed E-state index contributed by atoms with van der Waals surface area (Å²) in [6, 6.07) is 0.494. The average Bonchev–Trinajstić information content (AvgIpc) is 2.29. The number of likely N-dealkylation sites (tertiary alicyclic amines) is 1. The van der Waals surface area contributed by atoms with Crippen LogP contribution < -0.4 is 5.32 Å². The predicted molar refractivity (Wildman–Crippen MR) is 61.2 cm³/mol. The Bertz CT molecular complexity index is 203. The molecule has 1 aliphatic heterocycles. The Hall–Kier alpha value is -0.650. The predicted octanol–water partition coefficient (Wildman–Crippen LogP) is -0.404. The van der Waals surface area contributed by atoms with E-state index in [4.69, 9.17) is 9.84 Å². The highest BCUT2D eigenvalue weighted by molar-refractivity contribution is 5.73. The molecule has 1 rings (SSSR count). The zero-order valence-electron chi connectivity index (χ0n) is 9.95. The Morgan fingerprint density at radius 3 is 2.69 bits per heavy atom. The standard InChI is InChI=1S/C11H22N2O3/c1-10(15)13-5-2-11(3-6-13)12-4-8-16-9-7-14/h11-12,14H,2-9H2,1H3. The minimum Gasteiger partial charge on any atom is -0.394 e. The van der Waals surface area contributed by atoms with E-state index in [-0.39, 0.29) is 12.5 Å². The van der Waals surface area contributed by atoms with Crippen LogP contribution >= 0.6 is 0 Å². The van der Waals surface area contributed by atoms with Crippen LogP contribution in [0.4, 0.5) is 0 Å². The third kappa shape index (κ3) is 4.92. The van der Waals surface area contributed by atoms with Crippen molar-refractivity contribution in [2.75, 3.05) is 39.5 Å². The van der Waals surface area contributed by atoms with Gasteiger partial charge in [0, 0.05) is 32.6 Å². The van der Waals surface area contributed by atoms with E-state index in [0.717, 1.165) is 32.5 Å². The minimum absolute atomic E-state index is 0.0804. The molecule has 2 N–H and O–H groups in total. The molecule has 0 bridgehead atoms. The summed E-state index contributed by atoms with van der Waals surface area (Å²) in [4.78, 5) is 13.0. The van der Waals surface area contributed by atoms with Gasteiger partial charge in [-0.1, -0.05) is 0 Å². The van der Waals surface area contributed by atoms with Gasteiger partial charge < -0.3 is 20.1 Å². The molecule has 1 heterocycles. The lowest BCUT2D eigenvalue weighted by Gasteiger charge is -2.31. The highest BCUT2D eigenvalue weighted by Crippen LogP contribution is 2.09. The highest BCUT2D eigenvalue weighted by Gasteiger charge is 2.19. The number of hydrogen-bond acceptors (Lipinski definition) is 4. The van der Waals surface area contributed by atoms with Crippen molar-refractivity contribution >= 4 is 5.91 Å². The fourth-order valence-corrected chi connectivity index (χ4v) is 1.90. The van der Waals surface area contributed by atoms with Gasteiger partial charge in [-0.25, -0.2) is 0 Å². The first-order valence-electron chi connectivity index (χ1n) is 5.91. The van der Waals surface area contributed by atoms with E-state index in [1.54, 1.807) is 6.92 Å². The number of ether oxygens (including phenoxy) is 1. The van der Waals surface area contributed by atoms with Gasteiger partial charge in [-0.2, -0.15) is 0 Å². The topological polar surface area (TPSA) is 61.8 Å². The number of rotatable bonds is 6. The Kier molecular flexibility index (Phi) is 6.37. The molecule has 5 heteroatoms. The van der Waals surface area contributed by atoms with Crippen molar-refractivity contribution in [1.29, 1.82) is 0 Å². The van der Waals surface area contributed by atoms with Crippen LogP contribution in [0, 0.1) is 0 Å². The second-order valence-corrected chi connectivity index (χ2v) is 4.07. The molecule has 0 atom stereocenters. The van der Waals surface area contributed by atoms with E-state index in [2.05, 4.69) is 5.32 Å². The van der Waals surface area contributed by atoms with Crippen LogP contribution in [0.5, 0.6) is 0 Å². The van der Waals surface area contributed by atoms with Crippen LogP contribution in [0.2, 0.25) is 0 Å². The molecule has 16 heavy (non-hydrogen) atoms. The molecule has 1 aliphatic rings. The second kappa shape index (κ2) is 7.60. The minimum atomic E-state index is 0.0804. The second-order valence-electron chi connectivity index (χ2n) is 4.07. The molecule has 5 nitrogen and oxygen atoms in total. The summed E-state index contributed by atoms with van der Waals surface area (Å²) in [5.74, 6) is 0.171. The van der Waals surface area contributed by atoms with Crippen molar-refractivity contribution in [3.63, 3.8) is 0 Å². The van der Waals surface area contributed by atoms with Crippen molar-refractivity contribution in [3.05, 3.63) is 0 Å². The van der Waals surface area contributed by atoms with Gasteiger partial charge in [0.05, 0.1) is 19.8 Å². The number of carbonyl (C=O) groups is 1. The molecule has 0 unspecified atom stereocenters. The molecule has 0 aromatic rings. The number of amides is 1. The monoisotopic (exact) mass is 230 g/mol. The maximum absolute atomic E-state index is 11.1. The van der Waals surface area contributed by atoms with Gasteiger partial charge in [-0.15, -0.1) is 0 Å². The number of aliphatic hydroxyl groups is 1. The smallest absolute Gasteiger partial charge is 0.219 e. The van der Waals surface area contributed by atoms with Crippen molar-refractivity contribution in [2.45, 2.75) is 25.8 Å². The summed E-state index contributed by atoms with van der Waals surface area (Å²) >= 11 is 0. The van der Waals surface area contributed by atoms with Crippen molar-refractivity contribution in [1.82, 2.24) is 10.2 Å². The van der Waals surface area contributed by atoms with Gasteiger partial charge >= 0.3 is 0 Å². The van der Waals surface area contributed by atoms with Gasteiger partial charge in [-0.05, 0) is 12.8 Å². The summed E-state index contributed by atoms with van der Waals surface area (Å²) in [6.45, 7) is 5.26. The van der Waals surface area contributed by atoms with E-state index in [1.165, 1.54) is 0 Å². The maximum atomic E-state index is 11.1. The van der Waals surface area contributed by atoms with E-state index in [1.807, 2.05) is 4.90 Å². The fourth-order valence-electron chi connectivity index (χ4n) is 1.90. The van der Waals surface area contributed by atoms with Crippen LogP contribution in [0.15, 0.2) is 0 Å². The van der Waals surface area contributed by atoms with Gasteiger partial charge in [0.1, 0.15) is 0 Å². The summed E-state index contributed by atoms with van der Waals surface area (Å²) < 4.78 is 5.16. The first-order valence-corrected chi connectivity index (χ1v) is 5.91. The number of nitrogens with one attached hydrogen (secondary N) is 1. The van der Waals surface area contributed by atoms with Crippen LogP contribution in [0.1, 0.15) is 19.8 Å². The molecule has 0 aromatic carbocycles. The van der Waals surface area contributed by atoms with Crippen LogP contribution in [0.3, 0.4) is 0 Å². The molecule has 0 spiro atoms. The third-order valence-corrected chi connectivity index (χ3v) is 2.86. The molecular weight excluding hydrogens is 208 g/mol. The highest BCUT2D eigenvalue weighted by atomic mass is 16.5. The van der Waals surface area contributed by atoms with Crippen molar-refractivity contribution < 1.29 is 14.6 Å². The third-order valence-electron chi connectivity index (χ3n) is 2.86. The largest absolute Gasteiger partial charge is 0.394 e. The van der Waals surface area contributed by atoms with Crippen LogP contribution in [0.25, 0.3) is 0 Å². The molecule has 0 aliphatic carbocycles. The van der Waals surface area contributed by atoms with Crippen LogP contribution in [-0.2, 0) is 9.53 Å². The normalized spacial score (nSPS) is 17.8. The Morgan fingerprint density at radius 2 is 2.12 bits per heavy atom. The van der Waals surface area contributed by atoms with Crippen molar-refractivity contribution in [3.8, 4) is 0 Å². The maximum Gasteiger partial charge on any atom is 0.219 e.